The third-order valence-corrected chi connectivity index (χ3v) is 3.97. The van der Waals surface area contributed by atoms with Crippen molar-refractivity contribution in [2.24, 2.45) is 0 Å². The number of carbonyl (C=O) groups is 1. The molecule has 7 nitrogen and oxygen atoms in total. The maximum absolute atomic E-state index is 11.3. The van der Waals surface area contributed by atoms with Gasteiger partial charge in [-0.2, -0.15) is 8.42 Å². The summed E-state index contributed by atoms with van der Waals surface area (Å²) in [6.45, 7) is 1.92. The van der Waals surface area contributed by atoms with Crippen LogP contribution in [0.1, 0.15) is 12.5 Å². The van der Waals surface area contributed by atoms with E-state index in [-0.39, 0.29) is 16.6 Å². The summed E-state index contributed by atoms with van der Waals surface area (Å²) in [6.07, 6.45) is 2.33. The molecule has 2 rings (SSSR count). The number of benzene rings is 1. The predicted molar refractivity (Wildman–Crippen MR) is 77.1 cm³/mol. The highest BCUT2D eigenvalue weighted by Crippen LogP contribution is 2.31. The van der Waals surface area contributed by atoms with Crippen molar-refractivity contribution in [3.63, 3.8) is 0 Å². The van der Waals surface area contributed by atoms with Crippen LogP contribution in [0.2, 0.25) is 0 Å². The van der Waals surface area contributed by atoms with Crippen LogP contribution in [0.15, 0.2) is 23.2 Å². The second kappa shape index (κ2) is 5.74. The van der Waals surface area contributed by atoms with Crippen molar-refractivity contribution in [3.8, 4) is 5.75 Å². The molecule has 0 aliphatic rings. The number of amides is 1. The number of nitrogens with one attached hydrogen (secondary N) is 2. The van der Waals surface area contributed by atoms with Crippen molar-refractivity contribution in [3.05, 3.63) is 23.9 Å². The van der Waals surface area contributed by atoms with Crippen molar-refractivity contribution in [1.29, 1.82) is 0 Å². The molecule has 0 atom stereocenters. The number of hydrogen-bond donors (Lipinski definition) is 3. The number of aromatic nitrogens is 1. The van der Waals surface area contributed by atoms with Gasteiger partial charge in [-0.3, -0.25) is 9.35 Å². The third kappa shape index (κ3) is 3.34. The van der Waals surface area contributed by atoms with E-state index in [4.69, 9.17) is 4.74 Å². The number of carbonyl (C=O) groups excluding carboxylic acids is 1. The maximum Gasteiger partial charge on any atom is 0.298 e. The Labute approximate surface area is 122 Å². The van der Waals surface area contributed by atoms with E-state index < -0.39 is 10.1 Å². The van der Waals surface area contributed by atoms with Gasteiger partial charge in [0.2, 0.25) is 5.91 Å². The fourth-order valence-corrected chi connectivity index (χ4v) is 2.79. The summed E-state index contributed by atoms with van der Waals surface area (Å²) in [5.41, 5.74) is 1.49. The topological polar surface area (TPSA) is 108 Å². The molecule has 3 N–H and O–H groups in total. The molecule has 8 heteroatoms. The molecule has 1 heterocycles. The van der Waals surface area contributed by atoms with E-state index in [0.717, 1.165) is 10.9 Å². The van der Waals surface area contributed by atoms with Crippen molar-refractivity contribution in [2.45, 2.75) is 18.2 Å². The summed E-state index contributed by atoms with van der Waals surface area (Å²) in [5, 5.41) is 3.47. The summed E-state index contributed by atoms with van der Waals surface area (Å²) in [5.74, 6) is -0.0357. The standard InChI is InChI=1S/C13H16N2O5S/c1-8(16)14-4-3-9-7-15-11-6-13(21(17,18)19)12(20-2)5-10(9)11/h5-7,15H,3-4H2,1-2H3,(H,14,16)(H,17,18,19). The minimum atomic E-state index is -4.36. The van der Waals surface area contributed by atoms with Gasteiger partial charge in [0.25, 0.3) is 10.1 Å². The van der Waals surface area contributed by atoms with Gasteiger partial charge in [-0.25, -0.2) is 0 Å². The number of ether oxygens (including phenoxy) is 1. The molecule has 1 aromatic carbocycles. The summed E-state index contributed by atoms with van der Waals surface area (Å²) < 4.78 is 36.9. The maximum atomic E-state index is 11.3. The molecule has 0 radical (unpaired) electrons. The molecule has 2 aromatic rings. The van der Waals surface area contributed by atoms with Crippen molar-refractivity contribution in [2.75, 3.05) is 13.7 Å². The minimum Gasteiger partial charge on any atom is -0.495 e. The lowest BCUT2D eigenvalue weighted by Gasteiger charge is -2.07. The van der Waals surface area contributed by atoms with E-state index >= 15 is 0 Å². The Balaban J connectivity index is 2.42. The Morgan fingerprint density at radius 1 is 1.43 bits per heavy atom. The fourth-order valence-electron chi connectivity index (χ4n) is 2.13. The van der Waals surface area contributed by atoms with Gasteiger partial charge in [0, 0.05) is 30.6 Å². The van der Waals surface area contributed by atoms with E-state index in [2.05, 4.69) is 10.3 Å². The van der Waals surface area contributed by atoms with Gasteiger partial charge in [-0.05, 0) is 24.1 Å². The fraction of sp³-hybridized carbons (Fsp3) is 0.308. The Morgan fingerprint density at radius 2 is 2.14 bits per heavy atom. The SMILES string of the molecule is COc1cc2c(CCNC(C)=O)c[nH]c2cc1S(=O)(=O)O. The van der Waals surface area contributed by atoms with Crippen molar-refractivity contribution in [1.82, 2.24) is 10.3 Å². The Hall–Kier alpha value is -2.06. The predicted octanol–water partition coefficient (Wildman–Crippen LogP) is 1.10. The Bertz CT molecular complexity index is 779. The van der Waals surface area contributed by atoms with Gasteiger partial charge >= 0.3 is 0 Å². The van der Waals surface area contributed by atoms with E-state index in [1.165, 1.54) is 20.1 Å². The largest absolute Gasteiger partial charge is 0.495 e. The molecular weight excluding hydrogens is 296 g/mol. The summed E-state index contributed by atoms with van der Waals surface area (Å²) in [6, 6.07) is 2.88. The molecule has 0 bridgehead atoms. The molecule has 0 fully saturated rings. The lowest BCUT2D eigenvalue weighted by atomic mass is 10.1. The Morgan fingerprint density at radius 3 is 2.71 bits per heavy atom. The molecule has 0 spiro atoms. The zero-order chi connectivity index (χ0) is 15.6. The van der Waals surface area contributed by atoms with E-state index in [1.54, 1.807) is 12.3 Å². The quantitative estimate of drug-likeness (QED) is 0.716. The number of H-pyrrole nitrogens is 1. The number of hydrogen-bond acceptors (Lipinski definition) is 4. The minimum absolute atomic E-state index is 0.0744. The molecule has 0 saturated heterocycles. The molecule has 0 saturated carbocycles. The smallest absolute Gasteiger partial charge is 0.298 e. The van der Waals surface area contributed by atoms with Crippen LogP contribution < -0.4 is 10.1 Å². The first-order valence-corrected chi connectivity index (χ1v) is 7.67. The first-order chi connectivity index (χ1) is 9.82. The van der Waals surface area contributed by atoms with E-state index in [9.17, 15) is 17.8 Å². The average Bonchev–Trinajstić information content (AvgIpc) is 2.78. The van der Waals surface area contributed by atoms with Crippen LogP contribution >= 0.6 is 0 Å². The highest BCUT2D eigenvalue weighted by atomic mass is 32.2. The highest BCUT2D eigenvalue weighted by molar-refractivity contribution is 7.86. The summed E-state index contributed by atoms with van der Waals surface area (Å²) in [7, 11) is -3.03. The summed E-state index contributed by atoms with van der Waals surface area (Å²) >= 11 is 0. The van der Waals surface area contributed by atoms with Crippen LogP contribution in [-0.2, 0) is 21.3 Å². The zero-order valence-electron chi connectivity index (χ0n) is 11.6. The van der Waals surface area contributed by atoms with Gasteiger partial charge in [0.1, 0.15) is 10.6 Å². The van der Waals surface area contributed by atoms with Crippen LogP contribution in [0.25, 0.3) is 10.9 Å². The number of methoxy groups -OCH3 is 1. The lowest BCUT2D eigenvalue weighted by molar-refractivity contribution is -0.118. The van der Waals surface area contributed by atoms with E-state index in [1.807, 2.05) is 0 Å². The average molecular weight is 312 g/mol. The molecule has 0 aliphatic heterocycles. The van der Waals surface area contributed by atoms with Gasteiger partial charge in [-0.1, -0.05) is 0 Å². The summed E-state index contributed by atoms with van der Waals surface area (Å²) in [4.78, 5) is 13.5. The molecule has 1 aromatic heterocycles. The Kier molecular flexibility index (Phi) is 4.19. The molecule has 0 aliphatic carbocycles. The van der Waals surface area contributed by atoms with Crippen molar-refractivity contribution < 1.29 is 22.5 Å². The number of aromatic amines is 1. The van der Waals surface area contributed by atoms with Gasteiger partial charge in [0.15, 0.2) is 0 Å². The van der Waals surface area contributed by atoms with Crippen LogP contribution in [0.3, 0.4) is 0 Å². The molecule has 1 amide bonds. The van der Waals surface area contributed by atoms with Crippen molar-refractivity contribution >= 4 is 26.9 Å². The van der Waals surface area contributed by atoms with Gasteiger partial charge < -0.3 is 15.0 Å². The second-order valence-electron chi connectivity index (χ2n) is 4.57. The molecule has 0 unspecified atom stereocenters. The van der Waals surface area contributed by atoms with Crippen LogP contribution in [0, 0.1) is 0 Å². The van der Waals surface area contributed by atoms with Crippen LogP contribution in [0.4, 0.5) is 0 Å². The number of rotatable bonds is 5. The zero-order valence-corrected chi connectivity index (χ0v) is 12.5. The highest BCUT2D eigenvalue weighted by Gasteiger charge is 2.19. The van der Waals surface area contributed by atoms with Gasteiger partial charge in [0.05, 0.1) is 7.11 Å². The lowest BCUT2D eigenvalue weighted by Crippen LogP contribution is -2.22. The monoisotopic (exact) mass is 312 g/mol. The van der Waals surface area contributed by atoms with Crippen LogP contribution in [0.5, 0.6) is 5.75 Å². The molecule has 114 valence electrons. The number of fused-ring (bicyclic) bond motifs is 1. The molecular formula is C13H16N2O5S. The van der Waals surface area contributed by atoms with Gasteiger partial charge in [-0.15, -0.1) is 0 Å². The second-order valence-corrected chi connectivity index (χ2v) is 5.96. The van der Waals surface area contributed by atoms with E-state index in [0.29, 0.717) is 18.5 Å². The third-order valence-electron chi connectivity index (χ3n) is 3.10. The first-order valence-electron chi connectivity index (χ1n) is 6.23. The normalized spacial score (nSPS) is 11.6. The molecule has 21 heavy (non-hydrogen) atoms. The first kappa shape index (κ1) is 15.3. The van der Waals surface area contributed by atoms with Crippen LogP contribution in [-0.4, -0.2) is 37.5 Å².